The van der Waals surface area contributed by atoms with Gasteiger partial charge in [0.15, 0.2) is 0 Å². The molecule has 0 aliphatic rings. The lowest BCUT2D eigenvalue weighted by atomic mass is 10.4. The Bertz CT molecular complexity index is 92.7. The second-order valence-electron chi connectivity index (χ2n) is 1.82. The van der Waals surface area contributed by atoms with Crippen molar-refractivity contribution in [3.05, 3.63) is 24.3 Å². The molecular formula is C8H15N. The summed E-state index contributed by atoms with van der Waals surface area (Å²) in [4.78, 5) is 0. The SMILES string of the molecule is CC/C=C\C=C/CNC. The molecule has 0 bridgehead atoms. The van der Waals surface area contributed by atoms with Crippen LogP contribution in [0.3, 0.4) is 0 Å². The van der Waals surface area contributed by atoms with Gasteiger partial charge in [-0.3, -0.25) is 0 Å². The minimum atomic E-state index is 0.952. The van der Waals surface area contributed by atoms with Gasteiger partial charge in [-0.05, 0) is 13.5 Å². The molecule has 52 valence electrons. The summed E-state index contributed by atoms with van der Waals surface area (Å²) in [5, 5.41) is 3.02. The van der Waals surface area contributed by atoms with Gasteiger partial charge in [0, 0.05) is 6.54 Å². The quantitative estimate of drug-likeness (QED) is 0.564. The lowest BCUT2D eigenvalue weighted by Gasteiger charge is -1.83. The second kappa shape index (κ2) is 7.44. The van der Waals surface area contributed by atoms with E-state index in [2.05, 4.69) is 36.5 Å². The summed E-state index contributed by atoms with van der Waals surface area (Å²) in [6.45, 7) is 3.08. The topological polar surface area (TPSA) is 12.0 Å². The highest BCUT2D eigenvalue weighted by Crippen LogP contribution is 1.80. The van der Waals surface area contributed by atoms with Crippen molar-refractivity contribution in [2.24, 2.45) is 0 Å². The summed E-state index contributed by atoms with van der Waals surface area (Å²) in [6, 6.07) is 0. The standard InChI is InChI=1S/C8H15N/c1-3-4-5-6-7-8-9-2/h4-7,9H,3,8H2,1-2H3/b5-4-,7-6-. The molecule has 0 saturated carbocycles. The zero-order valence-electron chi connectivity index (χ0n) is 6.22. The summed E-state index contributed by atoms with van der Waals surface area (Å²) >= 11 is 0. The molecule has 9 heavy (non-hydrogen) atoms. The van der Waals surface area contributed by atoms with E-state index < -0.39 is 0 Å². The van der Waals surface area contributed by atoms with Crippen molar-refractivity contribution in [3.8, 4) is 0 Å². The predicted molar refractivity (Wildman–Crippen MR) is 42.5 cm³/mol. The van der Waals surface area contributed by atoms with Gasteiger partial charge in [0.05, 0.1) is 0 Å². The van der Waals surface area contributed by atoms with E-state index in [0.29, 0.717) is 0 Å². The number of allylic oxidation sites excluding steroid dienone is 3. The van der Waals surface area contributed by atoms with Gasteiger partial charge in [-0.15, -0.1) is 0 Å². The fourth-order valence-electron chi connectivity index (χ4n) is 0.479. The lowest BCUT2D eigenvalue weighted by Crippen LogP contribution is -2.03. The molecule has 1 N–H and O–H groups in total. The van der Waals surface area contributed by atoms with Crippen molar-refractivity contribution >= 4 is 0 Å². The van der Waals surface area contributed by atoms with Crippen LogP contribution in [0.5, 0.6) is 0 Å². The first kappa shape index (κ1) is 8.44. The van der Waals surface area contributed by atoms with Crippen LogP contribution < -0.4 is 5.32 Å². The van der Waals surface area contributed by atoms with Gasteiger partial charge in [0.25, 0.3) is 0 Å². The molecule has 0 rings (SSSR count). The summed E-state index contributed by atoms with van der Waals surface area (Å²) in [6.07, 6.45) is 9.46. The third kappa shape index (κ3) is 7.44. The molecule has 0 aliphatic carbocycles. The molecule has 0 atom stereocenters. The van der Waals surface area contributed by atoms with E-state index in [1.165, 1.54) is 0 Å². The van der Waals surface area contributed by atoms with Crippen LogP contribution in [0, 0.1) is 0 Å². The third-order valence-electron chi connectivity index (χ3n) is 0.941. The Morgan fingerprint density at radius 2 is 1.89 bits per heavy atom. The first-order chi connectivity index (χ1) is 4.41. The van der Waals surface area contributed by atoms with Crippen molar-refractivity contribution < 1.29 is 0 Å². The van der Waals surface area contributed by atoms with E-state index in [0.717, 1.165) is 13.0 Å². The molecule has 0 heterocycles. The van der Waals surface area contributed by atoms with Gasteiger partial charge < -0.3 is 5.32 Å². The summed E-state index contributed by atoms with van der Waals surface area (Å²) in [7, 11) is 1.94. The van der Waals surface area contributed by atoms with E-state index >= 15 is 0 Å². The molecule has 0 radical (unpaired) electrons. The van der Waals surface area contributed by atoms with Crippen molar-refractivity contribution in [2.45, 2.75) is 13.3 Å². The van der Waals surface area contributed by atoms with E-state index in [1.54, 1.807) is 0 Å². The minimum absolute atomic E-state index is 0.952. The molecule has 0 aliphatic heterocycles. The van der Waals surface area contributed by atoms with E-state index in [1.807, 2.05) is 7.05 Å². The Labute approximate surface area is 57.5 Å². The summed E-state index contributed by atoms with van der Waals surface area (Å²) < 4.78 is 0. The van der Waals surface area contributed by atoms with Crippen molar-refractivity contribution in [1.82, 2.24) is 5.32 Å². The molecular weight excluding hydrogens is 110 g/mol. The van der Waals surface area contributed by atoms with Gasteiger partial charge in [0.2, 0.25) is 0 Å². The third-order valence-corrected chi connectivity index (χ3v) is 0.941. The predicted octanol–water partition coefficient (Wildman–Crippen LogP) is 1.73. The highest BCUT2D eigenvalue weighted by atomic mass is 14.8. The summed E-state index contributed by atoms with van der Waals surface area (Å²) in [5.74, 6) is 0. The van der Waals surface area contributed by atoms with E-state index in [4.69, 9.17) is 0 Å². The molecule has 1 nitrogen and oxygen atoms in total. The van der Waals surface area contributed by atoms with Crippen LogP contribution in [0.4, 0.5) is 0 Å². The number of nitrogens with one attached hydrogen (secondary N) is 1. The van der Waals surface area contributed by atoms with Crippen LogP contribution >= 0.6 is 0 Å². The monoisotopic (exact) mass is 125 g/mol. The number of rotatable bonds is 4. The molecule has 0 aromatic heterocycles. The summed E-state index contributed by atoms with van der Waals surface area (Å²) in [5.41, 5.74) is 0. The van der Waals surface area contributed by atoms with Gasteiger partial charge >= 0.3 is 0 Å². The molecule has 0 spiro atoms. The maximum absolute atomic E-state index is 3.02. The van der Waals surface area contributed by atoms with Crippen LogP contribution in [0.15, 0.2) is 24.3 Å². The minimum Gasteiger partial charge on any atom is -0.316 e. The average Bonchev–Trinajstić information content (AvgIpc) is 1.89. The molecule has 0 amide bonds. The Balaban J connectivity index is 3.13. The Kier molecular flexibility index (Phi) is 6.98. The van der Waals surface area contributed by atoms with Crippen molar-refractivity contribution in [3.63, 3.8) is 0 Å². The van der Waals surface area contributed by atoms with Gasteiger partial charge in [0.1, 0.15) is 0 Å². The maximum atomic E-state index is 3.02. The van der Waals surface area contributed by atoms with Gasteiger partial charge in [-0.2, -0.15) is 0 Å². The van der Waals surface area contributed by atoms with E-state index in [9.17, 15) is 0 Å². The highest BCUT2D eigenvalue weighted by molar-refractivity contribution is 5.02. The second-order valence-corrected chi connectivity index (χ2v) is 1.82. The maximum Gasteiger partial charge on any atom is 0.0134 e. The average molecular weight is 125 g/mol. The van der Waals surface area contributed by atoms with Crippen molar-refractivity contribution in [2.75, 3.05) is 13.6 Å². The van der Waals surface area contributed by atoms with Crippen LogP contribution in [0.1, 0.15) is 13.3 Å². The van der Waals surface area contributed by atoms with Gasteiger partial charge in [-0.25, -0.2) is 0 Å². The number of hydrogen-bond acceptors (Lipinski definition) is 1. The van der Waals surface area contributed by atoms with Crippen molar-refractivity contribution in [1.29, 1.82) is 0 Å². The first-order valence-corrected chi connectivity index (χ1v) is 3.38. The normalized spacial score (nSPS) is 11.8. The molecule has 0 aromatic carbocycles. The number of hydrogen-bond donors (Lipinski definition) is 1. The largest absolute Gasteiger partial charge is 0.316 e. The van der Waals surface area contributed by atoms with E-state index in [-0.39, 0.29) is 0 Å². The van der Waals surface area contributed by atoms with Crippen LogP contribution in [-0.2, 0) is 0 Å². The smallest absolute Gasteiger partial charge is 0.0134 e. The fraction of sp³-hybridized carbons (Fsp3) is 0.500. The Morgan fingerprint density at radius 3 is 2.44 bits per heavy atom. The highest BCUT2D eigenvalue weighted by Gasteiger charge is 1.65. The zero-order valence-corrected chi connectivity index (χ0v) is 6.22. The van der Waals surface area contributed by atoms with Crippen LogP contribution in [0.25, 0.3) is 0 Å². The Morgan fingerprint density at radius 1 is 1.22 bits per heavy atom. The lowest BCUT2D eigenvalue weighted by molar-refractivity contribution is 0.919. The fourth-order valence-corrected chi connectivity index (χ4v) is 0.479. The molecule has 0 aromatic rings. The van der Waals surface area contributed by atoms with Crippen LogP contribution in [0.2, 0.25) is 0 Å². The number of likely N-dealkylation sites (N-methyl/N-ethyl adjacent to an activating group) is 1. The van der Waals surface area contributed by atoms with Crippen LogP contribution in [-0.4, -0.2) is 13.6 Å². The Hall–Kier alpha value is -0.560. The van der Waals surface area contributed by atoms with Gasteiger partial charge in [-0.1, -0.05) is 31.2 Å². The molecule has 0 saturated heterocycles. The first-order valence-electron chi connectivity index (χ1n) is 3.38. The molecule has 1 heteroatoms. The molecule has 0 fully saturated rings. The molecule has 0 unspecified atom stereocenters. The zero-order chi connectivity index (χ0) is 6.95.